The summed E-state index contributed by atoms with van der Waals surface area (Å²) < 4.78 is 5.44. The van der Waals surface area contributed by atoms with E-state index in [4.69, 9.17) is 9.73 Å². The number of amidine groups is 1. The predicted molar refractivity (Wildman–Crippen MR) is 95.4 cm³/mol. The summed E-state index contributed by atoms with van der Waals surface area (Å²) >= 11 is 3.46. The first-order valence-corrected chi connectivity index (χ1v) is 8.88. The fourth-order valence-electron chi connectivity index (χ4n) is 2.38. The number of rotatable bonds is 3. The number of nitrogens with zero attached hydrogens (tertiary/aromatic N) is 2. The number of hydrogen-bond acceptors (Lipinski definition) is 6. The Bertz CT molecular complexity index is 726. The topological polar surface area (TPSA) is 46.5 Å². The Hall–Kier alpha value is -1.53. The number of aryl methyl sites for hydroxylation is 2. The number of nitrogens with one attached hydrogen (secondary N) is 1. The quantitative estimate of drug-likeness (QED) is 0.914. The van der Waals surface area contributed by atoms with Crippen molar-refractivity contribution in [2.75, 3.05) is 18.2 Å². The molecule has 0 fully saturated rings. The van der Waals surface area contributed by atoms with Gasteiger partial charge >= 0.3 is 0 Å². The fourth-order valence-corrected chi connectivity index (χ4v) is 4.41. The number of anilines is 1. The van der Waals surface area contributed by atoms with Gasteiger partial charge in [0.25, 0.3) is 0 Å². The van der Waals surface area contributed by atoms with E-state index in [0.29, 0.717) is 0 Å². The molecule has 0 bridgehead atoms. The highest BCUT2D eigenvalue weighted by Crippen LogP contribution is 2.40. The van der Waals surface area contributed by atoms with Crippen molar-refractivity contribution in [3.63, 3.8) is 0 Å². The van der Waals surface area contributed by atoms with E-state index in [1.54, 1.807) is 30.2 Å². The summed E-state index contributed by atoms with van der Waals surface area (Å²) in [6.45, 7) is 6.26. The SMILES string of the molecule is COc1cccc(C)c1NC1=NC(C)(c2cnc(C)s2)CS1. The summed E-state index contributed by atoms with van der Waals surface area (Å²) in [5.41, 5.74) is 1.93. The first-order valence-electron chi connectivity index (χ1n) is 7.08. The molecule has 4 nitrogen and oxygen atoms in total. The lowest BCUT2D eigenvalue weighted by Gasteiger charge is -2.16. The second-order valence-corrected chi connectivity index (χ2v) is 7.70. The minimum Gasteiger partial charge on any atom is -0.495 e. The maximum Gasteiger partial charge on any atom is 0.162 e. The number of aliphatic imine (C=N–C) groups is 1. The van der Waals surface area contributed by atoms with E-state index in [2.05, 4.69) is 30.2 Å². The molecule has 1 aromatic heterocycles. The standard InChI is InChI=1S/C16H19N3OS2/c1-10-6-5-7-12(20-4)14(10)18-15-19-16(3,9-21-15)13-8-17-11(2)22-13/h5-8H,9H2,1-4H3,(H,18,19). The maximum absolute atomic E-state index is 5.44. The molecule has 116 valence electrons. The summed E-state index contributed by atoms with van der Waals surface area (Å²) in [5, 5.41) is 5.45. The third-order valence-electron chi connectivity index (χ3n) is 3.68. The van der Waals surface area contributed by atoms with Gasteiger partial charge in [-0.1, -0.05) is 23.9 Å². The van der Waals surface area contributed by atoms with Crippen LogP contribution in [-0.2, 0) is 5.54 Å². The summed E-state index contributed by atoms with van der Waals surface area (Å²) in [4.78, 5) is 10.5. The van der Waals surface area contributed by atoms with Gasteiger partial charge in [-0.05, 0) is 32.4 Å². The van der Waals surface area contributed by atoms with E-state index in [-0.39, 0.29) is 5.54 Å². The normalized spacial score (nSPS) is 20.8. The van der Waals surface area contributed by atoms with Gasteiger partial charge in [0.2, 0.25) is 0 Å². The highest BCUT2D eigenvalue weighted by atomic mass is 32.2. The lowest BCUT2D eigenvalue weighted by molar-refractivity contribution is 0.416. The molecule has 1 aliphatic heterocycles. The summed E-state index contributed by atoms with van der Waals surface area (Å²) in [6.07, 6.45) is 1.95. The Morgan fingerprint density at radius 2 is 2.14 bits per heavy atom. The Morgan fingerprint density at radius 1 is 1.32 bits per heavy atom. The first-order chi connectivity index (χ1) is 10.5. The molecule has 1 aromatic carbocycles. The molecule has 0 saturated heterocycles. The lowest BCUT2D eigenvalue weighted by Crippen LogP contribution is -2.17. The van der Waals surface area contributed by atoms with Gasteiger partial charge in [-0.3, -0.25) is 0 Å². The molecule has 1 aliphatic rings. The van der Waals surface area contributed by atoms with Crippen molar-refractivity contribution in [3.05, 3.63) is 39.8 Å². The van der Waals surface area contributed by atoms with Crippen molar-refractivity contribution in [1.29, 1.82) is 0 Å². The average molecular weight is 333 g/mol. The summed E-state index contributed by atoms with van der Waals surface area (Å²) in [5.74, 6) is 1.76. The Labute approximate surface area is 139 Å². The summed E-state index contributed by atoms with van der Waals surface area (Å²) in [7, 11) is 1.69. The predicted octanol–water partition coefficient (Wildman–Crippen LogP) is 4.20. The zero-order valence-corrected chi connectivity index (χ0v) is 14.8. The van der Waals surface area contributed by atoms with E-state index >= 15 is 0 Å². The van der Waals surface area contributed by atoms with Crippen LogP contribution in [-0.4, -0.2) is 23.0 Å². The second-order valence-electron chi connectivity index (χ2n) is 5.50. The van der Waals surface area contributed by atoms with Crippen molar-refractivity contribution >= 4 is 34.0 Å². The van der Waals surface area contributed by atoms with Crippen molar-refractivity contribution in [1.82, 2.24) is 4.98 Å². The van der Waals surface area contributed by atoms with Crippen molar-refractivity contribution in [3.8, 4) is 5.75 Å². The van der Waals surface area contributed by atoms with E-state index in [9.17, 15) is 0 Å². The fraction of sp³-hybridized carbons (Fsp3) is 0.375. The van der Waals surface area contributed by atoms with Crippen LogP contribution in [0.3, 0.4) is 0 Å². The average Bonchev–Trinajstić information content (AvgIpc) is 3.09. The van der Waals surface area contributed by atoms with E-state index in [1.807, 2.05) is 25.3 Å². The molecule has 0 spiro atoms. The molecule has 0 saturated carbocycles. The lowest BCUT2D eigenvalue weighted by atomic mass is 10.1. The maximum atomic E-state index is 5.44. The Morgan fingerprint density at radius 3 is 2.82 bits per heavy atom. The van der Waals surface area contributed by atoms with Crippen LogP contribution in [0.1, 0.15) is 22.4 Å². The molecule has 0 aliphatic carbocycles. The van der Waals surface area contributed by atoms with E-state index < -0.39 is 0 Å². The number of hydrogen-bond donors (Lipinski definition) is 1. The molecule has 6 heteroatoms. The van der Waals surface area contributed by atoms with Crippen molar-refractivity contribution in [2.45, 2.75) is 26.3 Å². The minimum absolute atomic E-state index is 0.200. The van der Waals surface area contributed by atoms with E-state index in [0.717, 1.165) is 32.9 Å². The highest BCUT2D eigenvalue weighted by molar-refractivity contribution is 8.14. The molecule has 2 aromatic rings. The van der Waals surface area contributed by atoms with Crippen LogP contribution in [0.25, 0.3) is 0 Å². The molecule has 0 radical (unpaired) electrons. The molecule has 1 unspecified atom stereocenters. The zero-order chi connectivity index (χ0) is 15.7. The molecular weight excluding hydrogens is 314 g/mol. The minimum atomic E-state index is -0.200. The molecule has 2 heterocycles. The second kappa shape index (κ2) is 5.93. The third kappa shape index (κ3) is 2.85. The number of thiazole rings is 1. The number of benzene rings is 1. The molecule has 22 heavy (non-hydrogen) atoms. The Kier molecular flexibility index (Phi) is 4.14. The first kappa shape index (κ1) is 15.4. The van der Waals surface area contributed by atoms with Gasteiger partial charge in [-0.15, -0.1) is 11.3 Å². The van der Waals surface area contributed by atoms with Crippen LogP contribution in [0.4, 0.5) is 5.69 Å². The number of para-hydroxylation sites is 1. The molecule has 1 atom stereocenters. The number of aromatic nitrogens is 1. The molecule has 1 N–H and O–H groups in total. The number of methoxy groups -OCH3 is 1. The van der Waals surface area contributed by atoms with Gasteiger partial charge in [0.15, 0.2) is 5.17 Å². The van der Waals surface area contributed by atoms with Gasteiger partial charge in [-0.25, -0.2) is 9.98 Å². The molecular formula is C16H19N3OS2. The third-order valence-corrected chi connectivity index (χ3v) is 6.02. The Balaban J connectivity index is 1.87. The van der Waals surface area contributed by atoms with Gasteiger partial charge in [-0.2, -0.15) is 0 Å². The number of ether oxygens (including phenoxy) is 1. The van der Waals surface area contributed by atoms with Crippen LogP contribution in [0.5, 0.6) is 5.75 Å². The van der Waals surface area contributed by atoms with Crippen LogP contribution in [0.15, 0.2) is 29.4 Å². The zero-order valence-electron chi connectivity index (χ0n) is 13.1. The largest absolute Gasteiger partial charge is 0.495 e. The van der Waals surface area contributed by atoms with Crippen molar-refractivity contribution < 1.29 is 4.74 Å². The van der Waals surface area contributed by atoms with Crippen LogP contribution < -0.4 is 10.1 Å². The summed E-state index contributed by atoms with van der Waals surface area (Å²) in [6, 6.07) is 6.02. The smallest absolute Gasteiger partial charge is 0.162 e. The molecule has 0 amide bonds. The monoisotopic (exact) mass is 333 g/mol. The molecule has 3 rings (SSSR count). The van der Waals surface area contributed by atoms with Gasteiger partial charge in [0, 0.05) is 11.9 Å². The van der Waals surface area contributed by atoms with Crippen LogP contribution in [0, 0.1) is 13.8 Å². The number of thioether (sulfide) groups is 1. The van der Waals surface area contributed by atoms with Gasteiger partial charge in [0.1, 0.15) is 11.3 Å². The van der Waals surface area contributed by atoms with Crippen LogP contribution in [0.2, 0.25) is 0 Å². The van der Waals surface area contributed by atoms with E-state index in [1.165, 1.54) is 4.88 Å². The van der Waals surface area contributed by atoms with Crippen LogP contribution >= 0.6 is 23.1 Å². The van der Waals surface area contributed by atoms with Crippen molar-refractivity contribution in [2.24, 2.45) is 4.99 Å². The van der Waals surface area contributed by atoms with Gasteiger partial charge in [0.05, 0.1) is 22.7 Å². The van der Waals surface area contributed by atoms with Gasteiger partial charge < -0.3 is 10.1 Å². The highest BCUT2D eigenvalue weighted by Gasteiger charge is 2.34.